The van der Waals surface area contributed by atoms with Gasteiger partial charge >= 0.3 is 11.9 Å². The predicted molar refractivity (Wildman–Crippen MR) is 74.4 cm³/mol. The summed E-state index contributed by atoms with van der Waals surface area (Å²) in [4.78, 5) is 23.8. The second-order valence-corrected chi connectivity index (χ2v) is 6.81. The lowest BCUT2D eigenvalue weighted by atomic mass is 9.86. The Morgan fingerprint density at radius 3 is 2.81 bits per heavy atom. The number of carbonyl (C=O) groups excluding carboxylic acids is 2. The van der Waals surface area contributed by atoms with E-state index in [1.54, 1.807) is 0 Å². The Balaban J connectivity index is 1.63. The third-order valence-corrected chi connectivity index (χ3v) is 5.56. The van der Waals surface area contributed by atoms with Gasteiger partial charge < -0.3 is 14.2 Å². The lowest BCUT2D eigenvalue weighted by molar-refractivity contribution is -0.164. The van der Waals surface area contributed by atoms with E-state index >= 15 is 0 Å². The number of fused-ring (bicyclic) bond motifs is 1. The Hall–Kier alpha value is -1.10. The highest BCUT2D eigenvalue weighted by atomic mass is 16.6. The monoisotopic (exact) mass is 296 g/mol. The van der Waals surface area contributed by atoms with Crippen LogP contribution in [-0.4, -0.2) is 37.4 Å². The zero-order chi connectivity index (χ0) is 15.2. The highest BCUT2D eigenvalue weighted by Gasteiger charge is 2.62. The quantitative estimate of drug-likeness (QED) is 0.701. The molecule has 2 saturated carbocycles. The summed E-state index contributed by atoms with van der Waals surface area (Å²) in [7, 11) is 0. The van der Waals surface area contributed by atoms with Gasteiger partial charge in [0, 0.05) is 5.92 Å². The first kappa shape index (κ1) is 14.8. The molecule has 0 aromatic heterocycles. The smallest absolute Gasteiger partial charge is 0.314 e. The number of hydrogen-bond acceptors (Lipinski definition) is 5. The van der Waals surface area contributed by atoms with E-state index in [0.29, 0.717) is 31.5 Å². The summed E-state index contributed by atoms with van der Waals surface area (Å²) in [6.45, 7) is 6.36. The minimum absolute atomic E-state index is 0.0435. The van der Waals surface area contributed by atoms with Crippen LogP contribution in [0.3, 0.4) is 0 Å². The fourth-order valence-corrected chi connectivity index (χ4v) is 4.02. The van der Waals surface area contributed by atoms with Crippen molar-refractivity contribution in [3.63, 3.8) is 0 Å². The average Bonchev–Trinajstić information content (AvgIpc) is 3.08. The van der Waals surface area contributed by atoms with Crippen molar-refractivity contribution in [1.82, 2.24) is 0 Å². The van der Waals surface area contributed by atoms with Crippen molar-refractivity contribution in [1.29, 1.82) is 0 Å². The number of hydrogen-bond donors (Lipinski definition) is 0. The third-order valence-electron chi connectivity index (χ3n) is 5.56. The Morgan fingerprint density at radius 2 is 2.14 bits per heavy atom. The summed E-state index contributed by atoms with van der Waals surface area (Å²) in [5.41, 5.74) is -0.625. The lowest BCUT2D eigenvalue weighted by Crippen LogP contribution is -2.40. The molecule has 6 unspecified atom stereocenters. The van der Waals surface area contributed by atoms with Crippen molar-refractivity contribution in [3.05, 3.63) is 0 Å². The molecule has 118 valence electrons. The largest absolute Gasteiger partial charge is 0.466 e. The van der Waals surface area contributed by atoms with Crippen LogP contribution in [-0.2, 0) is 23.8 Å². The summed E-state index contributed by atoms with van der Waals surface area (Å²) in [5, 5.41) is 0. The molecular weight excluding hydrogens is 272 g/mol. The van der Waals surface area contributed by atoms with Crippen LogP contribution in [0.1, 0.15) is 40.0 Å². The molecule has 3 fully saturated rings. The molecule has 1 aliphatic heterocycles. The van der Waals surface area contributed by atoms with Gasteiger partial charge in [0.1, 0.15) is 6.10 Å². The summed E-state index contributed by atoms with van der Waals surface area (Å²) < 4.78 is 16.7. The van der Waals surface area contributed by atoms with E-state index in [1.807, 2.05) is 20.8 Å². The van der Waals surface area contributed by atoms with Crippen molar-refractivity contribution >= 4 is 11.9 Å². The molecule has 0 N–H and O–H groups in total. The Labute approximate surface area is 125 Å². The van der Waals surface area contributed by atoms with Crippen LogP contribution < -0.4 is 0 Å². The second kappa shape index (κ2) is 5.27. The van der Waals surface area contributed by atoms with E-state index in [9.17, 15) is 9.59 Å². The van der Waals surface area contributed by atoms with E-state index in [1.165, 1.54) is 0 Å². The zero-order valence-corrected chi connectivity index (χ0v) is 13.0. The minimum Gasteiger partial charge on any atom is -0.466 e. The lowest BCUT2D eigenvalue weighted by Gasteiger charge is -2.31. The Kier molecular flexibility index (Phi) is 3.72. The topological polar surface area (TPSA) is 61.8 Å². The maximum atomic E-state index is 12.1. The van der Waals surface area contributed by atoms with Gasteiger partial charge in [0.25, 0.3) is 0 Å². The molecule has 21 heavy (non-hydrogen) atoms. The molecule has 0 amide bonds. The maximum Gasteiger partial charge on any atom is 0.314 e. The van der Waals surface area contributed by atoms with Crippen LogP contribution in [0.25, 0.3) is 0 Å². The van der Waals surface area contributed by atoms with Crippen LogP contribution in [0, 0.1) is 23.2 Å². The average molecular weight is 296 g/mol. The zero-order valence-electron chi connectivity index (χ0n) is 13.0. The fourth-order valence-electron chi connectivity index (χ4n) is 4.02. The molecule has 0 aromatic rings. The van der Waals surface area contributed by atoms with Gasteiger partial charge in [-0.15, -0.1) is 0 Å². The van der Waals surface area contributed by atoms with Crippen molar-refractivity contribution in [2.24, 2.45) is 23.2 Å². The van der Waals surface area contributed by atoms with Gasteiger partial charge in [-0.3, -0.25) is 9.59 Å². The Morgan fingerprint density at radius 1 is 1.38 bits per heavy atom. The van der Waals surface area contributed by atoms with Gasteiger partial charge in [0.15, 0.2) is 0 Å². The standard InChI is InChI=1S/C16H24O5/c1-4-16(3,15(18)19-5-2)8-20-12-9-6-10-11(7-9)14(17)21-13(10)12/h9-13H,4-8H2,1-3H3. The Bertz CT molecular complexity index is 448. The van der Waals surface area contributed by atoms with Crippen LogP contribution >= 0.6 is 0 Å². The van der Waals surface area contributed by atoms with Crippen LogP contribution in [0.15, 0.2) is 0 Å². The molecule has 0 radical (unpaired) electrons. The fraction of sp³-hybridized carbons (Fsp3) is 0.875. The molecule has 0 aromatic carbocycles. The van der Waals surface area contributed by atoms with Crippen molar-refractivity contribution in [2.75, 3.05) is 13.2 Å². The number of carbonyl (C=O) groups is 2. The SMILES string of the molecule is CCOC(=O)C(C)(CC)COC1C2CC3C(=O)OC1C3C2. The normalized spacial score (nSPS) is 39.2. The van der Waals surface area contributed by atoms with Gasteiger partial charge in [0.05, 0.1) is 30.7 Å². The molecule has 2 aliphatic carbocycles. The van der Waals surface area contributed by atoms with Crippen molar-refractivity contribution in [2.45, 2.75) is 52.2 Å². The molecule has 3 aliphatic rings. The third kappa shape index (κ3) is 2.26. The molecule has 1 saturated heterocycles. The number of ether oxygens (including phenoxy) is 3. The van der Waals surface area contributed by atoms with Gasteiger partial charge in [-0.1, -0.05) is 6.92 Å². The first-order chi connectivity index (χ1) is 10.00. The molecular formula is C16H24O5. The molecule has 6 atom stereocenters. The minimum atomic E-state index is -0.625. The van der Waals surface area contributed by atoms with Gasteiger partial charge in [-0.25, -0.2) is 0 Å². The van der Waals surface area contributed by atoms with Gasteiger partial charge in [-0.2, -0.15) is 0 Å². The van der Waals surface area contributed by atoms with E-state index in [4.69, 9.17) is 14.2 Å². The van der Waals surface area contributed by atoms with Gasteiger partial charge in [0.2, 0.25) is 0 Å². The van der Waals surface area contributed by atoms with E-state index < -0.39 is 5.41 Å². The van der Waals surface area contributed by atoms with E-state index in [-0.39, 0.29) is 30.1 Å². The van der Waals surface area contributed by atoms with E-state index in [0.717, 1.165) is 12.8 Å². The first-order valence-corrected chi connectivity index (χ1v) is 7.99. The molecule has 0 spiro atoms. The van der Waals surface area contributed by atoms with Crippen molar-refractivity contribution in [3.8, 4) is 0 Å². The van der Waals surface area contributed by atoms with Crippen LogP contribution in [0.2, 0.25) is 0 Å². The number of esters is 2. The molecule has 5 nitrogen and oxygen atoms in total. The highest BCUT2D eigenvalue weighted by Crippen LogP contribution is 2.55. The maximum absolute atomic E-state index is 12.1. The van der Waals surface area contributed by atoms with E-state index in [2.05, 4.69) is 0 Å². The first-order valence-electron chi connectivity index (χ1n) is 7.99. The van der Waals surface area contributed by atoms with Crippen LogP contribution in [0.5, 0.6) is 0 Å². The highest BCUT2D eigenvalue weighted by molar-refractivity contribution is 5.77. The predicted octanol–water partition coefficient (Wildman–Crippen LogP) is 1.93. The second-order valence-electron chi connectivity index (χ2n) is 6.81. The molecule has 3 rings (SSSR count). The number of rotatable bonds is 6. The summed E-state index contributed by atoms with van der Waals surface area (Å²) >= 11 is 0. The molecule has 1 heterocycles. The van der Waals surface area contributed by atoms with Gasteiger partial charge in [-0.05, 0) is 39.0 Å². The van der Waals surface area contributed by atoms with Crippen molar-refractivity contribution < 1.29 is 23.8 Å². The molecule has 2 bridgehead atoms. The molecule has 5 heteroatoms. The summed E-state index contributed by atoms with van der Waals surface area (Å²) in [6.07, 6.45) is 2.43. The summed E-state index contributed by atoms with van der Waals surface area (Å²) in [6, 6.07) is 0. The van der Waals surface area contributed by atoms with Crippen LogP contribution in [0.4, 0.5) is 0 Å². The summed E-state index contributed by atoms with van der Waals surface area (Å²) in [5.74, 6) is 0.574.